The van der Waals surface area contributed by atoms with Crippen LogP contribution in [0.4, 0.5) is 23.0 Å². The number of aliphatic hydroxyl groups is 1. The highest BCUT2D eigenvalue weighted by atomic mass is 16.3. The van der Waals surface area contributed by atoms with E-state index in [4.69, 9.17) is 4.98 Å². The summed E-state index contributed by atoms with van der Waals surface area (Å²) in [6.07, 6.45) is 8.02. The number of anilines is 4. The molecule has 32 heavy (non-hydrogen) atoms. The van der Waals surface area contributed by atoms with Crippen LogP contribution in [0.25, 0.3) is 5.65 Å². The zero-order valence-corrected chi connectivity index (χ0v) is 18.4. The summed E-state index contributed by atoms with van der Waals surface area (Å²) in [6, 6.07) is 9.81. The first-order valence-electron chi connectivity index (χ1n) is 11.2. The molecular formula is C24H30N6O2. The fraction of sp³-hybridized carbons (Fsp3) is 0.375. The van der Waals surface area contributed by atoms with Gasteiger partial charge in [0, 0.05) is 42.2 Å². The molecule has 8 heteroatoms. The van der Waals surface area contributed by atoms with Crippen molar-refractivity contribution in [2.75, 3.05) is 28.7 Å². The zero-order chi connectivity index (χ0) is 22.5. The lowest BCUT2D eigenvalue weighted by molar-refractivity contribution is -0.111. The van der Waals surface area contributed by atoms with E-state index in [-0.39, 0.29) is 18.6 Å². The summed E-state index contributed by atoms with van der Waals surface area (Å²) < 4.78 is 1.82. The van der Waals surface area contributed by atoms with Gasteiger partial charge in [-0.15, -0.1) is 0 Å². The third kappa shape index (κ3) is 4.60. The number of benzene rings is 1. The molecule has 1 amide bonds. The van der Waals surface area contributed by atoms with Gasteiger partial charge in [0.15, 0.2) is 5.65 Å². The SMILES string of the molecule is C=CC(=O)Nc1cccc(Nc2cc(N3CCCCC3CCO)nc3c(CC)cnn23)c1. The first-order valence-corrected chi connectivity index (χ1v) is 11.2. The zero-order valence-electron chi connectivity index (χ0n) is 18.4. The molecule has 0 spiro atoms. The van der Waals surface area contributed by atoms with Crippen molar-refractivity contribution in [3.05, 3.63) is 54.7 Å². The Bertz CT molecular complexity index is 1110. The molecule has 3 N–H and O–H groups in total. The van der Waals surface area contributed by atoms with E-state index in [1.165, 1.54) is 12.5 Å². The molecule has 4 rings (SSSR count). The maximum absolute atomic E-state index is 11.7. The largest absolute Gasteiger partial charge is 0.396 e. The van der Waals surface area contributed by atoms with Gasteiger partial charge in [-0.25, -0.2) is 4.98 Å². The summed E-state index contributed by atoms with van der Waals surface area (Å²) in [5, 5.41) is 20.3. The lowest BCUT2D eigenvalue weighted by Gasteiger charge is -2.36. The number of amides is 1. The van der Waals surface area contributed by atoms with E-state index in [1.54, 1.807) is 0 Å². The van der Waals surface area contributed by atoms with Crippen molar-refractivity contribution in [1.29, 1.82) is 0 Å². The van der Waals surface area contributed by atoms with Crippen LogP contribution in [0.2, 0.25) is 0 Å². The summed E-state index contributed by atoms with van der Waals surface area (Å²) in [7, 11) is 0. The van der Waals surface area contributed by atoms with Crippen molar-refractivity contribution >= 4 is 34.6 Å². The molecule has 1 atom stereocenters. The highest BCUT2D eigenvalue weighted by Gasteiger charge is 2.25. The van der Waals surface area contributed by atoms with Crippen LogP contribution >= 0.6 is 0 Å². The van der Waals surface area contributed by atoms with Gasteiger partial charge in [0.2, 0.25) is 5.91 Å². The Morgan fingerprint density at radius 2 is 2.16 bits per heavy atom. The minimum Gasteiger partial charge on any atom is -0.396 e. The highest BCUT2D eigenvalue weighted by molar-refractivity contribution is 5.99. The molecule has 1 aromatic carbocycles. The predicted molar refractivity (Wildman–Crippen MR) is 128 cm³/mol. The molecule has 1 unspecified atom stereocenters. The van der Waals surface area contributed by atoms with Gasteiger partial charge in [-0.2, -0.15) is 9.61 Å². The molecule has 1 aliphatic rings. The van der Waals surface area contributed by atoms with Gasteiger partial charge in [0.25, 0.3) is 0 Å². The molecule has 168 valence electrons. The average molecular weight is 435 g/mol. The molecule has 3 heterocycles. The van der Waals surface area contributed by atoms with Crippen LogP contribution in [0, 0.1) is 0 Å². The standard InChI is InChI=1S/C24H30N6O2/c1-3-17-16-25-30-22(26-18-8-7-9-19(14-18)27-23(32)4-2)15-21(28-24(17)30)29-12-6-5-10-20(29)11-13-31/h4,7-9,14-16,20,26,31H,2-3,5-6,10-13H2,1H3,(H,27,32). The van der Waals surface area contributed by atoms with Crippen molar-refractivity contribution in [3.8, 4) is 0 Å². The monoisotopic (exact) mass is 434 g/mol. The molecule has 1 aliphatic heterocycles. The van der Waals surface area contributed by atoms with Crippen LogP contribution in [-0.2, 0) is 11.2 Å². The van der Waals surface area contributed by atoms with Gasteiger partial charge in [0.1, 0.15) is 11.6 Å². The summed E-state index contributed by atoms with van der Waals surface area (Å²) in [6.45, 7) is 6.69. The number of rotatable bonds is 8. The number of hydrogen-bond donors (Lipinski definition) is 3. The van der Waals surface area contributed by atoms with E-state index < -0.39 is 0 Å². The van der Waals surface area contributed by atoms with E-state index in [1.807, 2.05) is 41.0 Å². The Morgan fingerprint density at radius 3 is 2.94 bits per heavy atom. The van der Waals surface area contributed by atoms with Crippen molar-refractivity contribution in [3.63, 3.8) is 0 Å². The van der Waals surface area contributed by atoms with E-state index in [0.29, 0.717) is 5.69 Å². The maximum Gasteiger partial charge on any atom is 0.247 e. The Balaban J connectivity index is 1.72. The number of piperidine rings is 1. The second kappa shape index (κ2) is 9.82. The van der Waals surface area contributed by atoms with Crippen LogP contribution in [0.3, 0.4) is 0 Å². The molecule has 0 aliphatic carbocycles. The summed E-state index contributed by atoms with van der Waals surface area (Å²) in [4.78, 5) is 19.0. The van der Waals surface area contributed by atoms with Crippen LogP contribution < -0.4 is 15.5 Å². The number of nitrogens with zero attached hydrogens (tertiary/aromatic N) is 4. The third-order valence-corrected chi connectivity index (χ3v) is 5.88. The number of carbonyl (C=O) groups excluding carboxylic acids is 1. The van der Waals surface area contributed by atoms with E-state index >= 15 is 0 Å². The lowest BCUT2D eigenvalue weighted by Crippen LogP contribution is -2.40. The third-order valence-electron chi connectivity index (χ3n) is 5.88. The summed E-state index contributed by atoms with van der Waals surface area (Å²) >= 11 is 0. The van der Waals surface area contributed by atoms with Gasteiger partial charge >= 0.3 is 0 Å². The van der Waals surface area contributed by atoms with Gasteiger partial charge in [-0.3, -0.25) is 4.79 Å². The quantitative estimate of drug-likeness (QED) is 0.466. The van der Waals surface area contributed by atoms with Crippen molar-refractivity contribution in [1.82, 2.24) is 14.6 Å². The molecule has 3 aromatic rings. The average Bonchev–Trinajstić information content (AvgIpc) is 3.23. The predicted octanol–water partition coefficient (Wildman–Crippen LogP) is 3.90. The molecule has 0 radical (unpaired) electrons. The van der Waals surface area contributed by atoms with Crippen molar-refractivity contribution < 1.29 is 9.90 Å². The fourth-order valence-corrected chi connectivity index (χ4v) is 4.25. The summed E-state index contributed by atoms with van der Waals surface area (Å²) in [5.74, 6) is 1.44. The number of hydrogen-bond acceptors (Lipinski definition) is 6. The Kier molecular flexibility index (Phi) is 6.70. The minimum absolute atomic E-state index is 0.171. The molecule has 8 nitrogen and oxygen atoms in total. The smallest absolute Gasteiger partial charge is 0.247 e. The topological polar surface area (TPSA) is 94.8 Å². The number of aromatic nitrogens is 3. The second-order valence-corrected chi connectivity index (χ2v) is 8.01. The summed E-state index contributed by atoms with van der Waals surface area (Å²) in [5.41, 5.74) is 3.41. The van der Waals surface area contributed by atoms with Gasteiger partial charge in [-0.05, 0) is 56.4 Å². The molecule has 0 bridgehead atoms. The number of aryl methyl sites for hydroxylation is 1. The molecule has 1 saturated heterocycles. The Morgan fingerprint density at radius 1 is 1.31 bits per heavy atom. The normalized spacial score (nSPS) is 16.2. The Labute approximate surface area is 188 Å². The lowest BCUT2D eigenvalue weighted by atomic mass is 9.99. The van der Waals surface area contributed by atoms with E-state index in [2.05, 4.69) is 34.1 Å². The Hall–Kier alpha value is -3.39. The number of aliphatic hydroxyl groups excluding tert-OH is 1. The molecule has 1 fully saturated rings. The van der Waals surface area contributed by atoms with Gasteiger partial charge < -0.3 is 20.6 Å². The van der Waals surface area contributed by atoms with Crippen LogP contribution in [0.15, 0.2) is 49.2 Å². The fourth-order valence-electron chi connectivity index (χ4n) is 4.25. The highest BCUT2D eigenvalue weighted by Crippen LogP contribution is 2.30. The second-order valence-electron chi connectivity index (χ2n) is 8.01. The van der Waals surface area contributed by atoms with E-state index in [0.717, 1.165) is 60.8 Å². The number of nitrogens with one attached hydrogen (secondary N) is 2. The van der Waals surface area contributed by atoms with E-state index in [9.17, 15) is 9.90 Å². The first-order chi connectivity index (χ1) is 15.6. The van der Waals surface area contributed by atoms with Gasteiger partial charge in [0.05, 0.1) is 6.20 Å². The van der Waals surface area contributed by atoms with Crippen molar-refractivity contribution in [2.45, 2.75) is 45.1 Å². The van der Waals surface area contributed by atoms with Crippen molar-refractivity contribution in [2.24, 2.45) is 0 Å². The number of fused-ring (bicyclic) bond motifs is 1. The van der Waals surface area contributed by atoms with Crippen LogP contribution in [-0.4, -0.2) is 44.8 Å². The van der Waals surface area contributed by atoms with Crippen LogP contribution in [0.1, 0.15) is 38.2 Å². The first kappa shape index (κ1) is 21.8. The number of carbonyl (C=O) groups is 1. The molecule has 0 saturated carbocycles. The van der Waals surface area contributed by atoms with Gasteiger partial charge in [-0.1, -0.05) is 19.6 Å². The minimum atomic E-state index is -0.254. The molecular weight excluding hydrogens is 404 g/mol. The molecule has 2 aromatic heterocycles. The maximum atomic E-state index is 11.7. The van der Waals surface area contributed by atoms with Crippen LogP contribution in [0.5, 0.6) is 0 Å².